The fourth-order valence-corrected chi connectivity index (χ4v) is 2.20. The Balaban J connectivity index is 3.02. The van der Waals surface area contributed by atoms with Crippen molar-refractivity contribution in [3.8, 4) is 0 Å². The van der Waals surface area contributed by atoms with Crippen LogP contribution in [-0.4, -0.2) is 27.9 Å². The molecule has 1 amide bonds. The molecule has 0 saturated heterocycles. The maximum absolute atomic E-state index is 12.5. The predicted molar refractivity (Wildman–Crippen MR) is 74.0 cm³/mol. The Labute approximate surface area is 122 Å². The van der Waals surface area contributed by atoms with E-state index in [9.17, 15) is 18.0 Å². The van der Waals surface area contributed by atoms with Gasteiger partial charge < -0.3 is 5.32 Å². The van der Waals surface area contributed by atoms with Gasteiger partial charge >= 0.3 is 6.18 Å². The van der Waals surface area contributed by atoms with Gasteiger partial charge in [-0.05, 0) is 27.7 Å². The molecule has 21 heavy (non-hydrogen) atoms. The van der Waals surface area contributed by atoms with Crippen molar-refractivity contribution >= 4 is 5.91 Å². The largest absolute Gasteiger partial charge is 0.408 e. The van der Waals surface area contributed by atoms with E-state index in [-0.39, 0.29) is 11.9 Å². The van der Waals surface area contributed by atoms with Crippen molar-refractivity contribution in [1.82, 2.24) is 15.1 Å². The molecule has 1 rings (SSSR count). The van der Waals surface area contributed by atoms with Crippen LogP contribution < -0.4 is 5.32 Å². The highest BCUT2D eigenvalue weighted by Crippen LogP contribution is 2.26. The fourth-order valence-electron chi connectivity index (χ4n) is 2.20. The highest BCUT2D eigenvalue weighted by atomic mass is 19.4. The summed E-state index contributed by atoms with van der Waals surface area (Å²) in [4.78, 5) is 12.1. The van der Waals surface area contributed by atoms with Crippen molar-refractivity contribution < 1.29 is 18.0 Å². The lowest BCUT2D eigenvalue weighted by Gasteiger charge is -2.16. The van der Waals surface area contributed by atoms with E-state index in [0.29, 0.717) is 17.0 Å². The minimum Gasteiger partial charge on any atom is -0.350 e. The van der Waals surface area contributed by atoms with Gasteiger partial charge in [0.05, 0.1) is 11.6 Å². The van der Waals surface area contributed by atoms with E-state index in [4.69, 9.17) is 0 Å². The minimum absolute atomic E-state index is 0.203. The first-order valence-electron chi connectivity index (χ1n) is 6.60. The van der Waals surface area contributed by atoms with Gasteiger partial charge in [-0.15, -0.1) is 6.58 Å². The van der Waals surface area contributed by atoms with Crippen LogP contribution in [0.25, 0.3) is 0 Å². The lowest BCUT2D eigenvalue weighted by molar-refractivity contribution is -0.143. The molecule has 1 N–H and O–H groups in total. The van der Waals surface area contributed by atoms with E-state index in [1.165, 1.54) is 0 Å². The van der Waals surface area contributed by atoms with Crippen LogP contribution in [0.3, 0.4) is 0 Å². The third-order valence-corrected chi connectivity index (χ3v) is 3.32. The molecule has 0 radical (unpaired) electrons. The zero-order valence-corrected chi connectivity index (χ0v) is 12.6. The Hall–Kier alpha value is -1.79. The number of aromatic nitrogens is 2. The summed E-state index contributed by atoms with van der Waals surface area (Å²) in [6, 6.07) is -0.203. The van der Waals surface area contributed by atoms with Gasteiger partial charge in [0.2, 0.25) is 5.91 Å². The average molecular weight is 303 g/mol. The Morgan fingerprint density at radius 1 is 1.43 bits per heavy atom. The van der Waals surface area contributed by atoms with Crippen LogP contribution in [0.15, 0.2) is 12.7 Å². The molecule has 0 aliphatic rings. The van der Waals surface area contributed by atoms with Crippen LogP contribution in [0.1, 0.15) is 36.7 Å². The molecule has 0 fully saturated rings. The topological polar surface area (TPSA) is 46.9 Å². The molecule has 4 nitrogen and oxygen atoms in total. The Kier molecular flexibility index (Phi) is 5.20. The summed E-state index contributed by atoms with van der Waals surface area (Å²) in [5, 5.41) is 6.62. The number of halogens is 3. The molecule has 7 heteroatoms. The van der Waals surface area contributed by atoms with Gasteiger partial charge in [-0.25, -0.2) is 0 Å². The monoisotopic (exact) mass is 303 g/mol. The Morgan fingerprint density at radius 3 is 2.48 bits per heavy atom. The van der Waals surface area contributed by atoms with Gasteiger partial charge in [-0.3, -0.25) is 9.48 Å². The highest BCUT2D eigenvalue weighted by Gasteiger charge is 2.31. The van der Waals surface area contributed by atoms with Crippen LogP contribution in [0.5, 0.6) is 0 Å². The summed E-state index contributed by atoms with van der Waals surface area (Å²) in [6.07, 6.45) is -2.76. The standard InChI is InChI=1S/C14H20F3N3O/c1-6-8(2)18-13(21)9(3)12-10(4)19-20(11(12)5)7-14(15,16)17/h6,8-9H,1,7H2,2-5H3,(H,18,21)/t8-,9+/m0/s1. The lowest BCUT2D eigenvalue weighted by atomic mass is 9.98. The zero-order chi connectivity index (χ0) is 16.4. The Morgan fingerprint density at radius 2 is 2.00 bits per heavy atom. The van der Waals surface area contributed by atoms with Crippen molar-refractivity contribution in [2.45, 2.75) is 52.4 Å². The van der Waals surface area contributed by atoms with Crippen LogP contribution >= 0.6 is 0 Å². The molecule has 1 heterocycles. The second-order valence-corrected chi connectivity index (χ2v) is 5.11. The van der Waals surface area contributed by atoms with Gasteiger partial charge in [0.15, 0.2) is 0 Å². The Bertz CT molecular complexity index is 534. The lowest BCUT2D eigenvalue weighted by Crippen LogP contribution is -2.34. The molecular weight excluding hydrogens is 283 g/mol. The van der Waals surface area contributed by atoms with E-state index >= 15 is 0 Å². The van der Waals surface area contributed by atoms with E-state index in [1.54, 1.807) is 33.8 Å². The maximum Gasteiger partial charge on any atom is 0.408 e. The van der Waals surface area contributed by atoms with E-state index in [1.807, 2.05) is 0 Å². The third kappa shape index (κ3) is 4.34. The van der Waals surface area contributed by atoms with Crippen molar-refractivity contribution in [3.05, 3.63) is 29.6 Å². The van der Waals surface area contributed by atoms with Crippen molar-refractivity contribution in [2.24, 2.45) is 0 Å². The first-order chi connectivity index (χ1) is 9.56. The highest BCUT2D eigenvalue weighted by molar-refractivity contribution is 5.84. The molecule has 0 unspecified atom stereocenters. The second-order valence-electron chi connectivity index (χ2n) is 5.11. The minimum atomic E-state index is -4.34. The molecule has 0 bridgehead atoms. The van der Waals surface area contributed by atoms with Crippen molar-refractivity contribution in [3.63, 3.8) is 0 Å². The molecule has 0 aliphatic carbocycles. The van der Waals surface area contributed by atoms with Gasteiger partial charge in [0.1, 0.15) is 6.54 Å². The van der Waals surface area contributed by atoms with Crippen LogP contribution in [0.2, 0.25) is 0 Å². The molecule has 2 atom stereocenters. The quantitative estimate of drug-likeness (QED) is 0.850. The molecular formula is C14H20F3N3O. The first kappa shape index (κ1) is 17.3. The van der Waals surface area contributed by atoms with Crippen LogP contribution in [-0.2, 0) is 11.3 Å². The first-order valence-corrected chi connectivity index (χ1v) is 6.60. The number of amides is 1. The molecule has 1 aromatic heterocycles. The average Bonchev–Trinajstić information content (AvgIpc) is 2.61. The van der Waals surface area contributed by atoms with Crippen LogP contribution in [0.4, 0.5) is 13.2 Å². The summed E-state index contributed by atoms with van der Waals surface area (Å²) < 4.78 is 38.4. The van der Waals surface area contributed by atoms with Crippen molar-refractivity contribution in [1.29, 1.82) is 0 Å². The summed E-state index contributed by atoms with van der Waals surface area (Å²) in [5.41, 5.74) is 1.33. The number of alkyl halides is 3. The number of carbonyl (C=O) groups is 1. The molecule has 0 aromatic carbocycles. The number of nitrogens with one attached hydrogen (secondary N) is 1. The number of nitrogens with zero attached hydrogens (tertiary/aromatic N) is 2. The fraction of sp³-hybridized carbons (Fsp3) is 0.571. The van der Waals surface area contributed by atoms with Crippen molar-refractivity contribution in [2.75, 3.05) is 0 Å². The summed E-state index contributed by atoms with van der Waals surface area (Å²) in [6.45, 7) is 8.99. The van der Waals surface area contributed by atoms with Gasteiger partial charge in [-0.1, -0.05) is 6.08 Å². The van der Waals surface area contributed by atoms with Gasteiger partial charge in [0, 0.05) is 17.3 Å². The summed E-state index contributed by atoms with van der Waals surface area (Å²) >= 11 is 0. The predicted octanol–water partition coefficient (Wildman–Crippen LogP) is 2.86. The second kappa shape index (κ2) is 6.32. The molecule has 0 spiro atoms. The number of carbonyl (C=O) groups excluding carboxylic acids is 1. The number of hydrogen-bond acceptors (Lipinski definition) is 2. The van der Waals surface area contributed by atoms with E-state index in [2.05, 4.69) is 17.0 Å². The van der Waals surface area contributed by atoms with Gasteiger partial charge in [0.25, 0.3) is 0 Å². The third-order valence-electron chi connectivity index (χ3n) is 3.32. The molecule has 1 aromatic rings. The van der Waals surface area contributed by atoms with E-state index < -0.39 is 18.6 Å². The normalized spacial score (nSPS) is 14.6. The van der Waals surface area contributed by atoms with Crippen LogP contribution in [0, 0.1) is 13.8 Å². The summed E-state index contributed by atoms with van der Waals surface area (Å²) in [7, 11) is 0. The molecule has 0 aliphatic heterocycles. The zero-order valence-electron chi connectivity index (χ0n) is 12.6. The SMILES string of the molecule is C=C[C@H](C)NC(=O)[C@H](C)c1c(C)nn(CC(F)(F)F)c1C. The van der Waals surface area contributed by atoms with Gasteiger partial charge in [-0.2, -0.15) is 18.3 Å². The number of aryl methyl sites for hydroxylation is 1. The molecule has 118 valence electrons. The molecule has 0 saturated carbocycles. The number of rotatable bonds is 5. The smallest absolute Gasteiger partial charge is 0.350 e. The summed E-state index contributed by atoms with van der Waals surface area (Å²) in [5.74, 6) is -0.838. The maximum atomic E-state index is 12.5. The van der Waals surface area contributed by atoms with E-state index in [0.717, 1.165) is 4.68 Å². The number of hydrogen-bond donors (Lipinski definition) is 1.